The largest absolute Gasteiger partial charge is 0.464 e. The Labute approximate surface area is 117 Å². The standard InChI is InChI=1S/C11H11ClF3N3O2/c1-20-10(19)9(16)5-18(17)6-2-3-8(12)7(4-6)11(13,14)15/h2-5H,16-17H2,1H3/b9-5-. The van der Waals surface area contributed by atoms with E-state index in [4.69, 9.17) is 23.2 Å². The normalized spacial score (nSPS) is 12.2. The number of hydrazine groups is 1. The monoisotopic (exact) mass is 309 g/mol. The van der Waals surface area contributed by atoms with Gasteiger partial charge in [-0.25, -0.2) is 10.6 Å². The molecule has 0 heterocycles. The number of esters is 1. The lowest BCUT2D eigenvalue weighted by Gasteiger charge is -2.17. The summed E-state index contributed by atoms with van der Waals surface area (Å²) in [6.45, 7) is 0. The first-order valence-corrected chi connectivity index (χ1v) is 5.51. The van der Waals surface area contributed by atoms with Crippen LogP contribution < -0.4 is 16.6 Å². The highest BCUT2D eigenvalue weighted by atomic mass is 35.5. The van der Waals surface area contributed by atoms with Crippen LogP contribution in [-0.2, 0) is 15.7 Å². The fourth-order valence-corrected chi connectivity index (χ4v) is 1.51. The summed E-state index contributed by atoms with van der Waals surface area (Å²) in [5.74, 6) is 4.65. The van der Waals surface area contributed by atoms with Gasteiger partial charge in [0.05, 0.1) is 29.6 Å². The smallest absolute Gasteiger partial charge is 0.417 e. The Morgan fingerprint density at radius 1 is 1.45 bits per heavy atom. The Hall–Kier alpha value is -1.93. The molecule has 0 aliphatic rings. The molecule has 1 aromatic rings. The number of nitrogens with two attached hydrogens (primary N) is 2. The quantitative estimate of drug-likeness (QED) is 0.386. The molecule has 0 radical (unpaired) electrons. The lowest BCUT2D eigenvalue weighted by molar-refractivity contribution is -0.137. The number of alkyl halides is 3. The van der Waals surface area contributed by atoms with Crippen LogP contribution in [0.25, 0.3) is 0 Å². The molecule has 0 fully saturated rings. The molecule has 4 N–H and O–H groups in total. The highest BCUT2D eigenvalue weighted by molar-refractivity contribution is 6.31. The van der Waals surface area contributed by atoms with Gasteiger partial charge in [-0.3, -0.25) is 5.01 Å². The number of carbonyl (C=O) groups excluding carboxylic acids is 1. The lowest BCUT2D eigenvalue weighted by atomic mass is 10.2. The van der Waals surface area contributed by atoms with Crippen molar-refractivity contribution in [3.8, 4) is 0 Å². The fourth-order valence-electron chi connectivity index (χ4n) is 1.29. The molecule has 1 rings (SSSR count). The summed E-state index contributed by atoms with van der Waals surface area (Å²) in [6, 6.07) is 3.03. The van der Waals surface area contributed by atoms with E-state index in [1.54, 1.807) is 0 Å². The molecule has 0 amide bonds. The van der Waals surface area contributed by atoms with Crippen molar-refractivity contribution in [1.29, 1.82) is 0 Å². The Morgan fingerprint density at radius 2 is 2.05 bits per heavy atom. The first-order valence-electron chi connectivity index (χ1n) is 5.13. The van der Waals surface area contributed by atoms with Gasteiger partial charge in [0.25, 0.3) is 0 Å². The number of ether oxygens (including phenoxy) is 1. The van der Waals surface area contributed by atoms with Crippen molar-refractivity contribution in [2.24, 2.45) is 11.6 Å². The van der Waals surface area contributed by atoms with Crippen molar-refractivity contribution in [1.82, 2.24) is 0 Å². The zero-order valence-corrected chi connectivity index (χ0v) is 11.0. The van der Waals surface area contributed by atoms with E-state index < -0.39 is 22.7 Å². The number of anilines is 1. The Kier molecular flexibility index (Phi) is 4.85. The van der Waals surface area contributed by atoms with Gasteiger partial charge in [-0.15, -0.1) is 0 Å². The number of nitrogens with zero attached hydrogens (tertiary/aromatic N) is 1. The maximum atomic E-state index is 12.7. The highest BCUT2D eigenvalue weighted by Crippen LogP contribution is 2.36. The minimum absolute atomic E-state index is 0.0476. The molecule has 5 nitrogen and oxygen atoms in total. The summed E-state index contributed by atoms with van der Waals surface area (Å²) in [5, 5.41) is 0.303. The number of halogens is 4. The number of hydrogen-bond acceptors (Lipinski definition) is 5. The molecule has 0 atom stereocenters. The molecular formula is C11H11ClF3N3O2. The average molecular weight is 310 g/mol. The molecule has 9 heteroatoms. The summed E-state index contributed by atoms with van der Waals surface area (Å²) < 4.78 is 42.4. The zero-order chi connectivity index (χ0) is 15.5. The van der Waals surface area contributed by atoms with Crippen molar-refractivity contribution in [3.05, 3.63) is 40.7 Å². The molecule has 0 aliphatic heterocycles. The van der Waals surface area contributed by atoms with Crippen molar-refractivity contribution < 1.29 is 22.7 Å². The molecule has 0 saturated carbocycles. The number of hydrogen-bond donors (Lipinski definition) is 2. The molecule has 20 heavy (non-hydrogen) atoms. The van der Waals surface area contributed by atoms with Crippen LogP contribution in [0.1, 0.15) is 5.56 Å². The molecule has 0 unspecified atom stereocenters. The van der Waals surface area contributed by atoms with E-state index in [0.717, 1.165) is 30.5 Å². The van der Waals surface area contributed by atoms with Gasteiger partial charge in [0.1, 0.15) is 5.70 Å². The summed E-state index contributed by atoms with van der Waals surface area (Å²) in [5.41, 5.74) is 3.88. The lowest BCUT2D eigenvalue weighted by Crippen LogP contribution is -2.28. The van der Waals surface area contributed by atoms with E-state index in [2.05, 4.69) is 4.74 Å². The summed E-state index contributed by atoms with van der Waals surface area (Å²) in [4.78, 5) is 11.1. The van der Waals surface area contributed by atoms with Gasteiger partial charge in [0.2, 0.25) is 0 Å². The van der Waals surface area contributed by atoms with Crippen LogP contribution in [0.15, 0.2) is 30.1 Å². The van der Waals surface area contributed by atoms with Crippen LogP contribution >= 0.6 is 11.6 Å². The van der Waals surface area contributed by atoms with E-state index >= 15 is 0 Å². The Balaban J connectivity index is 3.12. The molecule has 0 aliphatic carbocycles. The van der Waals surface area contributed by atoms with Gasteiger partial charge >= 0.3 is 12.1 Å². The maximum Gasteiger partial charge on any atom is 0.417 e. The van der Waals surface area contributed by atoms with Crippen molar-refractivity contribution in [3.63, 3.8) is 0 Å². The van der Waals surface area contributed by atoms with E-state index in [9.17, 15) is 18.0 Å². The summed E-state index contributed by atoms with van der Waals surface area (Å²) in [7, 11) is 1.11. The molecule has 0 aromatic heterocycles. The highest BCUT2D eigenvalue weighted by Gasteiger charge is 2.33. The molecule has 0 spiro atoms. The van der Waals surface area contributed by atoms with E-state index in [1.807, 2.05) is 0 Å². The van der Waals surface area contributed by atoms with Gasteiger partial charge in [-0.05, 0) is 18.2 Å². The average Bonchev–Trinajstić information content (AvgIpc) is 2.36. The van der Waals surface area contributed by atoms with Crippen LogP contribution in [0.4, 0.5) is 18.9 Å². The van der Waals surface area contributed by atoms with Gasteiger partial charge in [-0.1, -0.05) is 11.6 Å². The van der Waals surface area contributed by atoms with Crippen molar-refractivity contribution in [2.75, 3.05) is 12.1 Å². The second-order valence-corrected chi connectivity index (χ2v) is 4.05. The molecular weight excluding hydrogens is 299 g/mol. The molecule has 110 valence electrons. The van der Waals surface area contributed by atoms with Crippen LogP contribution in [0, 0.1) is 0 Å². The third kappa shape index (κ3) is 3.78. The maximum absolute atomic E-state index is 12.7. The van der Waals surface area contributed by atoms with Crippen LogP contribution in [0.3, 0.4) is 0 Å². The molecule has 0 bridgehead atoms. The summed E-state index contributed by atoms with van der Waals surface area (Å²) >= 11 is 5.47. The minimum Gasteiger partial charge on any atom is -0.464 e. The van der Waals surface area contributed by atoms with Crippen LogP contribution in [-0.4, -0.2) is 13.1 Å². The van der Waals surface area contributed by atoms with E-state index in [1.165, 1.54) is 6.07 Å². The van der Waals surface area contributed by atoms with Crippen LogP contribution in [0.5, 0.6) is 0 Å². The predicted molar refractivity (Wildman–Crippen MR) is 67.4 cm³/mol. The Bertz CT molecular complexity index is 546. The third-order valence-corrected chi connectivity index (χ3v) is 2.58. The second-order valence-electron chi connectivity index (χ2n) is 3.65. The van der Waals surface area contributed by atoms with Gasteiger partial charge in [0.15, 0.2) is 0 Å². The first-order chi connectivity index (χ1) is 9.16. The van der Waals surface area contributed by atoms with E-state index in [-0.39, 0.29) is 11.4 Å². The first kappa shape index (κ1) is 16.1. The van der Waals surface area contributed by atoms with E-state index in [0.29, 0.717) is 0 Å². The number of methoxy groups -OCH3 is 1. The topological polar surface area (TPSA) is 81.6 Å². The predicted octanol–water partition coefficient (Wildman–Crippen LogP) is 2.01. The third-order valence-electron chi connectivity index (χ3n) is 2.25. The van der Waals surface area contributed by atoms with Gasteiger partial charge < -0.3 is 10.5 Å². The van der Waals surface area contributed by atoms with Crippen molar-refractivity contribution in [2.45, 2.75) is 6.18 Å². The fraction of sp³-hybridized carbons (Fsp3) is 0.182. The van der Waals surface area contributed by atoms with Crippen molar-refractivity contribution >= 4 is 23.3 Å². The SMILES string of the molecule is COC(=O)/C(N)=C/N(N)c1ccc(Cl)c(C(F)(F)F)c1. The van der Waals surface area contributed by atoms with Gasteiger partial charge in [0, 0.05) is 0 Å². The van der Waals surface area contributed by atoms with Crippen LogP contribution in [0.2, 0.25) is 5.02 Å². The number of rotatable bonds is 3. The number of benzene rings is 1. The molecule has 1 aromatic carbocycles. The minimum atomic E-state index is -4.62. The van der Waals surface area contributed by atoms with Gasteiger partial charge in [-0.2, -0.15) is 13.2 Å². The zero-order valence-electron chi connectivity index (χ0n) is 10.2. The second kappa shape index (κ2) is 6.02. The number of carbonyl (C=O) groups is 1. The molecule has 0 saturated heterocycles. The summed E-state index contributed by atoms with van der Waals surface area (Å²) in [6.07, 6.45) is -3.68. The Morgan fingerprint density at radius 3 is 2.55 bits per heavy atom.